The Labute approximate surface area is 106 Å². The molecule has 0 radical (unpaired) electrons. The molecule has 1 aliphatic rings. The predicted molar refractivity (Wildman–Crippen MR) is 69.7 cm³/mol. The largest absolute Gasteiger partial charge is 0.397 e. The minimum Gasteiger partial charge on any atom is -0.397 e. The van der Waals surface area contributed by atoms with Crippen LogP contribution in [0.2, 0.25) is 0 Å². The summed E-state index contributed by atoms with van der Waals surface area (Å²) in [4.78, 5) is 13.9. The van der Waals surface area contributed by atoms with Gasteiger partial charge in [-0.05, 0) is 44.1 Å². The zero-order chi connectivity index (χ0) is 13.0. The number of rotatable bonds is 3. The topological polar surface area (TPSA) is 58.4 Å². The molecule has 1 saturated heterocycles. The number of carbonyl (C=O) groups is 1. The van der Waals surface area contributed by atoms with Crippen LogP contribution >= 0.6 is 0 Å². The van der Waals surface area contributed by atoms with E-state index in [4.69, 9.17) is 5.73 Å². The van der Waals surface area contributed by atoms with Gasteiger partial charge in [0.1, 0.15) is 5.82 Å². The van der Waals surface area contributed by atoms with Crippen LogP contribution in [0.4, 0.5) is 15.8 Å². The molecule has 0 aromatic heterocycles. The Morgan fingerprint density at radius 3 is 2.78 bits per heavy atom. The molecule has 1 aliphatic heterocycles. The molecule has 1 aromatic carbocycles. The average Bonchev–Trinajstić information content (AvgIpc) is 2.35. The molecule has 0 bridgehead atoms. The van der Waals surface area contributed by atoms with E-state index in [0.29, 0.717) is 17.9 Å². The van der Waals surface area contributed by atoms with Crippen LogP contribution in [0, 0.1) is 5.82 Å². The third-order valence-electron chi connectivity index (χ3n) is 3.11. The maximum atomic E-state index is 13.0. The van der Waals surface area contributed by atoms with Gasteiger partial charge in [0.25, 0.3) is 0 Å². The average molecular weight is 251 g/mol. The smallest absolute Gasteiger partial charge is 0.238 e. The van der Waals surface area contributed by atoms with Crippen molar-refractivity contribution in [3.63, 3.8) is 0 Å². The Morgan fingerprint density at radius 1 is 1.33 bits per heavy atom. The first kappa shape index (κ1) is 12.8. The summed E-state index contributed by atoms with van der Waals surface area (Å²) >= 11 is 0. The van der Waals surface area contributed by atoms with Crippen LogP contribution in [-0.4, -0.2) is 30.4 Å². The van der Waals surface area contributed by atoms with E-state index in [1.54, 1.807) is 0 Å². The molecule has 1 amide bonds. The molecule has 2 rings (SSSR count). The van der Waals surface area contributed by atoms with Gasteiger partial charge in [-0.3, -0.25) is 9.69 Å². The van der Waals surface area contributed by atoms with Crippen molar-refractivity contribution in [1.29, 1.82) is 0 Å². The lowest BCUT2D eigenvalue weighted by molar-refractivity contribution is -0.117. The Bertz CT molecular complexity index is 430. The molecule has 0 saturated carbocycles. The van der Waals surface area contributed by atoms with Crippen LogP contribution in [-0.2, 0) is 4.79 Å². The molecular formula is C13H18FN3O. The van der Waals surface area contributed by atoms with Gasteiger partial charge in [0, 0.05) is 0 Å². The second-order valence-electron chi connectivity index (χ2n) is 4.62. The monoisotopic (exact) mass is 251 g/mol. The highest BCUT2D eigenvalue weighted by molar-refractivity contribution is 5.95. The maximum Gasteiger partial charge on any atom is 0.238 e. The van der Waals surface area contributed by atoms with Crippen LogP contribution < -0.4 is 11.1 Å². The molecule has 0 unspecified atom stereocenters. The van der Waals surface area contributed by atoms with Crippen LogP contribution in [0.15, 0.2) is 18.2 Å². The van der Waals surface area contributed by atoms with Crippen molar-refractivity contribution in [3.8, 4) is 0 Å². The van der Waals surface area contributed by atoms with Crippen molar-refractivity contribution in [2.45, 2.75) is 19.3 Å². The molecule has 0 atom stereocenters. The number of nitrogen functional groups attached to an aromatic ring is 1. The van der Waals surface area contributed by atoms with Gasteiger partial charge in [0.15, 0.2) is 0 Å². The number of halogens is 1. The first-order chi connectivity index (χ1) is 8.65. The fraction of sp³-hybridized carbons (Fsp3) is 0.462. The molecular weight excluding hydrogens is 233 g/mol. The van der Waals surface area contributed by atoms with Gasteiger partial charge in [-0.2, -0.15) is 0 Å². The van der Waals surface area contributed by atoms with Crippen molar-refractivity contribution in [2.75, 3.05) is 30.7 Å². The third-order valence-corrected chi connectivity index (χ3v) is 3.11. The van der Waals surface area contributed by atoms with Crippen LogP contribution in [0.3, 0.4) is 0 Å². The second kappa shape index (κ2) is 5.82. The molecule has 18 heavy (non-hydrogen) atoms. The molecule has 1 aromatic rings. The number of nitrogens with zero attached hydrogens (tertiary/aromatic N) is 1. The lowest BCUT2D eigenvalue weighted by Crippen LogP contribution is -2.36. The van der Waals surface area contributed by atoms with E-state index < -0.39 is 5.82 Å². The number of anilines is 2. The van der Waals surface area contributed by atoms with Crippen LogP contribution in [0.1, 0.15) is 19.3 Å². The normalized spacial score (nSPS) is 16.5. The SMILES string of the molecule is Nc1ccc(F)cc1NC(=O)CN1CCCCC1. The summed E-state index contributed by atoms with van der Waals surface area (Å²) in [6.45, 7) is 2.24. The second-order valence-corrected chi connectivity index (χ2v) is 4.62. The quantitative estimate of drug-likeness (QED) is 0.806. The lowest BCUT2D eigenvalue weighted by atomic mass is 10.1. The van der Waals surface area contributed by atoms with E-state index in [0.717, 1.165) is 25.9 Å². The first-order valence-electron chi connectivity index (χ1n) is 6.22. The summed E-state index contributed by atoms with van der Waals surface area (Å²) in [5.74, 6) is -0.549. The lowest BCUT2D eigenvalue weighted by Gasteiger charge is -2.25. The number of nitrogens with one attached hydrogen (secondary N) is 1. The van der Waals surface area contributed by atoms with Gasteiger partial charge in [-0.25, -0.2) is 4.39 Å². The third kappa shape index (κ3) is 3.43. The fourth-order valence-corrected chi connectivity index (χ4v) is 2.15. The van der Waals surface area contributed by atoms with E-state index in [9.17, 15) is 9.18 Å². The zero-order valence-electron chi connectivity index (χ0n) is 10.3. The highest BCUT2D eigenvalue weighted by atomic mass is 19.1. The maximum absolute atomic E-state index is 13.0. The van der Waals surface area contributed by atoms with Crippen molar-refractivity contribution in [1.82, 2.24) is 4.90 Å². The standard InChI is InChI=1S/C13H18FN3O/c14-10-4-5-11(15)12(8-10)16-13(18)9-17-6-2-1-3-7-17/h4-5,8H,1-3,6-7,9,15H2,(H,16,18). The Kier molecular flexibility index (Phi) is 4.15. The summed E-state index contributed by atoms with van der Waals surface area (Å²) in [6, 6.07) is 3.96. The van der Waals surface area contributed by atoms with E-state index in [2.05, 4.69) is 10.2 Å². The van der Waals surface area contributed by atoms with Gasteiger partial charge in [-0.15, -0.1) is 0 Å². The summed E-state index contributed by atoms with van der Waals surface area (Å²) in [7, 11) is 0. The van der Waals surface area contributed by atoms with Gasteiger partial charge in [-0.1, -0.05) is 6.42 Å². The number of nitrogens with two attached hydrogens (primary N) is 1. The van der Waals surface area contributed by atoms with E-state index >= 15 is 0 Å². The van der Waals surface area contributed by atoms with Crippen LogP contribution in [0.25, 0.3) is 0 Å². The summed E-state index contributed by atoms with van der Waals surface area (Å²) in [6.07, 6.45) is 3.50. The molecule has 1 heterocycles. The highest BCUT2D eigenvalue weighted by Crippen LogP contribution is 2.19. The van der Waals surface area contributed by atoms with Gasteiger partial charge in [0.05, 0.1) is 17.9 Å². The Morgan fingerprint density at radius 2 is 2.06 bits per heavy atom. The molecule has 3 N–H and O–H groups in total. The number of amides is 1. The van der Waals surface area contributed by atoms with Crippen molar-refractivity contribution in [3.05, 3.63) is 24.0 Å². The number of likely N-dealkylation sites (tertiary alicyclic amines) is 1. The molecule has 4 nitrogen and oxygen atoms in total. The molecule has 98 valence electrons. The van der Waals surface area contributed by atoms with Crippen molar-refractivity contribution >= 4 is 17.3 Å². The zero-order valence-corrected chi connectivity index (χ0v) is 10.3. The molecule has 0 spiro atoms. The summed E-state index contributed by atoms with van der Waals surface area (Å²) in [5.41, 5.74) is 6.40. The van der Waals surface area contributed by atoms with E-state index in [1.807, 2.05) is 0 Å². The van der Waals surface area contributed by atoms with Gasteiger partial charge < -0.3 is 11.1 Å². The highest BCUT2D eigenvalue weighted by Gasteiger charge is 2.14. The van der Waals surface area contributed by atoms with Gasteiger partial charge in [0.2, 0.25) is 5.91 Å². The minimum atomic E-state index is -0.405. The van der Waals surface area contributed by atoms with Crippen molar-refractivity contribution in [2.24, 2.45) is 0 Å². The summed E-state index contributed by atoms with van der Waals surface area (Å²) in [5, 5.41) is 2.65. The molecule has 5 heteroatoms. The first-order valence-corrected chi connectivity index (χ1v) is 6.22. The number of hydrogen-bond acceptors (Lipinski definition) is 3. The number of carbonyl (C=O) groups excluding carboxylic acids is 1. The Hall–Kier alpha value is -1.62. The molecule has 0 aliphatic carbocycles. The molecule has 1 fully saturated rings. The van der Waals surface area contributed by atoms with Crippen LogP contribution in [0.5, 0.6) is 0 Å². The minimum absolute atomic E-state index is 0.144. The number of piperidine rings is 1. The predicted octanol–water partition coefficient (Wildman–Crippen LogP) is 1.83. The number of benzene rings is 1. The van der Waals surface area contributed by atoms with Crippen molar-refractivity contribution < 1.29 is 9.18 Å². The Balaban J connectivity index is 1.92. The fourth-order valence-electron chi connectivity index (χ4n) is 2.15. The van der Waals surface area contributed by atoms with Gasteiger partial charge >= 0.3 is 0 Å². The van der Waals surface area contributed by atoms with E-state index in [-0.39, 0.29) is 5.91 Å². The number of hydrogen-bond donors (Lipinski definition) is 2. The van der Waals surface area contributed by atoms with E-state index in [1.165, 1.54) is 24.6 Å². The summed E-state index contributed by atoms with van der Waals surface area (Å²) < 4.78 is 13.0.